The fraction of sp³-hybridized carbons (Fsp3) is 0.500. The van der Waals surface area contributed by atoms with Crippen molar-refractivity contribution in [3.63, 3.8) is 0 Å². The number of hydrogen-bond acceptors (Lipinski definition) is 3. The van der Waals surface area contributed by atoms with Gasteiger partial charge in [-0.3, -0.25) is 0 Å². The summed E-state index contributed by atoms with van der Waals surface area (Å²) in [4.78, 5) is 0. The van der Waals surface area contributed by atoms with Crippen molar-refractivity contribution in [3.8, 4) is 0 Å². The number of benzene rings is 1. The molecule has 1 unspecified atom stereocenters. The van der Waals surface area contributed by atoms with Crippen LogP contribution in [0.15, 0.2) is 24.3 Å². The summed E-state index contributed by atoms with van der Waals surface area (Å²) in [6.07, 6.45) is 1.84. The highest BCUT2D eigenvalue weighted by molar-refractivity contribution is 7.90. The molecule has 0 saturated carbocycles. The van der Waals surface area contributed by atoms with Crippen LogP contribution in [0.3, 0.4) is 0 Å². The van der Waals surface area contributed by atoms with Crippen molar-refractivity contribution in [1.82, 2.24) is 0 Å². The molecule has 0 spiro atoms. The van der Waals surface area contributed by atoms with Crippen LogP contribution in [0.25, 0.3) is 0 Å². The maximum absolute atomic E-state index is 11.0. The Morgan fingerprint density at radius 2 is 1.81 bits per heavy atom. The first-order valence-corrected chi connectivity index (χ1v) is 7.45. The Kier molecular flexibility index (Phi) is 4.50. The molecule has 3 nitrogen and oxygen atoms in total. The van der Waals surface area contributed by atoms with E-state index >= 15 is 0 Å². The summed E-state index contributed by atoms with van der Waals surface area (Å²) in [5, 5.41) is 0. The van der Waals surface area contributed by atoms with Crippen molar-refractivity contribution in [1.29, 1.82) is 0 Å². The lowest BCUT2D eigenvalue weighted by Gasteiger charge is -2.09. The second-order valence-corrected chi connectivity index (χ2v) is 6.52. The molecule has 0 saturated heterocycles. The first kappa shape index (κ1) is 13.2. The van der Waals surface area contributed by atoms with Crippen molar-refractivity contribution in [2.24, 2.45) is 5.73 Å². The predicted octanol–water partition coefficient (Wildman–Crippen LogP) is 1.34. The standard InChI is InChI=1S/C12H19NO2S/c1-10(9-13)12-5-3-11(4-6-12)7-8-16(2,14)15/h3-6,10H,7-9,13H2,1-2H3. The summed E-state index contributed by atoms with van der Waals surface area (Å²) in [7, 11) is -2.87. The molecule has 16 heavy (non-hydrogen) atoms. The van der Waals surface area contributed by atoms with Crippen LogP contribution in [0.1, 0.15) is 24.0 Å². The van der Waals surface area contributed by atoms with Crippen LogP contribution in [0.5, 0.6) is 0 Å². The quantitative estimate of drug-likeness (QED) is 0.846. The predicted molar refractivity (Wildman–Crippen MR) is 67.3 cm³/mol. The number of nitrogens with two attached hydrogens (primary N) is 1. The molecule has 0 aromatic heterocycles. The molecule has 1 aromatic rings. The molecule has 0 heterocycles. The summed E-state index contributed by atoms with van der Waals surface area (Å²) < 4.78 is 22.0. The topological polar surface area (TPSA) is 60.2 Å². The fourth-order valence-electron chi connectivity index (χ4n) is 1.45. The van der Waals surface area contributed by atoms with Gasteiger partial charge in [0.05, 0.1) is 5.75 Å². The third-order valence-corrected chi connectivity index (χ3v) is 3.61. The zero-order valence-electron chi connectivity index (χ0n) is 9.81. The Labute approximate surface area is 97.6 Å². The molecular weight excluding hydrogens is 222 g/mol. The van der Waals surface area contributed by atoms with Crippen molar-refractivity contribution < 1.29 is 8.42 Å². The summed E-state index contributed by atoms with van der Waals surface area (Å²) in [5.41, 5.74) is 7.83. The van der Waals surface area contributed by atoms with Crippen molar-refractivity contribution >= 4 is 9.84 Å². The highest BCUT2D eigenvalue weighted by Crippen LogP contribution is 2.14. The average Bonchev–Trinajstić information content (AvgIpc) is 2.25. The number of aryl methyl sites for hydroxylation is 1. The number of hydrogen-bond donors (Lipinski definition) is 1. The lowest BCUT2D eigenvalue weighted by Crippen LogP contribution is -2.09. The van der Waals surface area contributed by atoms with Crippen molar-refractivity contribution in [2.75, 3.05) is 18.6 Å². The summed E-state index contributed by atoms with van der Waals surface area (Å²) in [6.45, 7) is 2.70. The summed E-state index contributed by atoms with van der Waals surface area (Å²) in [5.74, 6) is 0.558. The zero-order valence-corrected chi connectivity index (χ0v) is 10.6. The van der Waals surface area contributed by atoms with Crippen LogP contribution in [-0.2, 0) is 16.3 Å². The third kappa shape index (κ3) is 4.33. The van der Waals surface area contributed by atoms with Gasteiger partial charge in [0, 0.05) is 6.26 Å². The highest BCUT2D eigenvalue weighted by atomic mass is 32.2. The lowest BCUT2D eigenvalue weighted by atomic mass is 9.99. The maximum atomic E-state index is 11.0. The first-order valence-electron chi connectivity index (χ1n) is 5.39. The van der Waals surface area contributed by atoms with E-state index in [1.54, 1.807) is 0 Å². The fourth-order valence-corrected chi connectivity index (χ4v) is 2.06. The smallest absolute Gasteiger partial charge is 0.147 e. The summed E-state index contributed by atoms with van der Waals surface area (Å²) >= 11 is 0. The molecule has 4 heteroatoms. The monoisotopic (exact) mass is 241 g/mol. The van der Waals surface area contributed by atoms with E-state index in [9.17, 15) is 8.42 Å². The molecule has 2 N–H and O–H groups in total. The van der Waals surface area contributed by atoms with Gasteiger partial charge < -0.3 is 5.73 Å². The van der Waals surface area contributed by atoms with E-state index < -0.39 is 9.84 Å². The Hall–Kier alpha value is -0.870. The van der Waals surface area contributed by atoms with E-state index in [4.69, 9.17) is 5.73 Å². The minimum absolute atomic E-state index is 0.207. The van der Waals surface area contributed by atoms with Gasteiger partial charge in [-0.2, -0.15) is 0 Å². The van der Waals surface area contributed by atoms with Crippen molar-refractivity contribution in [3.05, 3.63) is 35.4 Å². The Morgan fingerprint density at radius 3 is 2.25 bits per heavy atom. The molecule has 0 fully saturated rings. The van der Waals surface area contributed by atoms with E-state index in [-0.39, 0.29) is 5.75 Å². The van der Waals surface area contributed by atoms with E-state index in [1.165, 1.54) is 11.8 Å². The van der Waals surface area contributed by atoms with Gasteiger partial charge in [0.2, 0.25) is 0 Å². The van der Waals surface area contributed by atoms with Gasteiger partial charge in [-0.25, -0.2) is 8.42 Å². The van der Waals surface area contributed by atoms with E-state index in [2.05, 4.69) is 6.92 Å². The molecule has 0 aliphatic heterocycles. The van der Waals surface area contributed by atoms with Gasteiger partial charge >= 0.3 is 0 Å². The van der Waals surface area contributed by atoms with Gasteiger partial charge in [0.15, 0.2) is 0 Å². The van der Waals surface area contributed by atoms with Gasteiger partial charge in [-0.05, 0) is 30.0 Å². The Balaban J connectivity index is 2.65. The molecule has 0 aliphatic rings. The molecule has 0 radical (unpaired) electrons. The van der Waals surface area contributed by atoms with Gasteiger partial charge in [-0.15, -0.1) is 0 Å². The zero-order chi connectivity index (χ0) is 12.2. The number of sulfone groups is 1. The molecule has 1 atom stereocenters. The largest absolute Gasteiger partial charge is 0.330 e. The van der Waals surface area contributed by atoms with Crippen LogP contribution in [-0.4, -0.2) is 27.0 Å². The van der Waals surface area contributed by atoms with Crippen LogP contribution in [0.4, 0.5) is 0 Å². The van der Waals surface area contributed by atoms with Crippen LogP contribution in [0.2, 0.25) is 0 Å². The summed E-state index contributed by atoms with van der Waals surface area (Å²) in [6, 6.07) is 8.00. The van der Waals surface area contributed by atoms with E-state index in [0.29, 0.717) is 18.9 Å². The third-order valence-electron chi connectivity index (χ3n) is 2.66. The second kappa shape index (κ2) is 5.46. The SMILES string of the molecule is CC(CN)c1ccc(CCS(C)(=O)=O)cc1. The highest BCUT2D eigenvalue weighted by Gasteiger charge is 2.05. The maximum Gasteiger partial charge on any atom is 0.147 e. The average molecular weight is 241 g/mol. The molecule has 1 aromatic carbocycles. The molecule has 0 aliphatic carbocycles. The lowest BCUT2D eigenvalue weighted by molar-refractivity contribution is 0.601. The molecule has 1 rings (SSSR count). The van der Waals surface area contributed by atoms with Crippen LogP contribution >= 0.6 is 0 Å². The molecule has 0 amide bonds. The van der Waals surface area contributed by atoms with E-state index in [1.807, 2.05) is 24.3 Å². The van der Waals surface area contributed by atoms with Gasteiger partial charge in [0.25, 0.3) is 0 Å². The van der Waals surface area contributed by atoms with Gasteiger partial charge in [0.1, 0.15) is 9.84 Å². The number of rotatable bonds is 5. The second-order valence-electron chi connectivity index (χ2n) is 4.26. The van der Waals surface area contributed by atoms with Crippen LogP contribution in [0, 0.1) is 0 Å². The Morgan fingerprint density at radius 1 is 1.25 bits per heavy atom. The van der Waals surface area contributed by atoms with Crippen molar-refractivity contribution in [2.45, 2.75) is 19.3 Å². The molecule has 90 valence electrons. The van der Waals surface area contributed by atoms with Crippen LogP contribution < -0.4 is 5.73 Å². The molecule has 0 bridgehead atoms. The van der Waals surface area contributed by atoms with Gasteiger partial charge in [-0.1, -0.05) is 31.2 Å². The normalized spacial score (nSPS) is 13.7. The Bertz CT molecular complexity index is 423. The molecular formula is C12H19NO2S. The minimum Gasteiger partial charge on any atom is -0.330 e. The van der Waals surface area contributed by atoms with E-state index in [0.717, 1.165) is 5.56 Å². The minimum atomic E-state index is -2.87. The first-order chi connectivity index (χ1) is 7.42.